The molecule has 9 nitrogen and oxygen atoms in total. The van der Waals surface area contributed by atoms with E-state index in [1.54, 1.807) is 0 Å². The van der Waals surface area contributed by atoms with Crippen LogP contribution in [-0.2, 0) is 14.4 Å². The minimum absolute atomic E-state index is 0.213. The summed E-state index contributed by atoms with van der Waals surface area (Å²) in [5, 5.41) is 19.7. The molecular formula is C20H39N4O5+. The van der Waals surface area contributed by atoms with Crippen molar-refractivity contribution in [3.8, 4) is 0 Å². The number of likely N-dealkylation sites (tertiary alicyclic amines) is 1. The predicted molar refractivity (Wildman–Crippen MR) is 110 cm³/mol. The van der Waals surface area contributed by atoms with Crippen LogP contribution in [0.1, 0.15) is 70.6 Å². The van der Waals surface area contributed by atoms with Gasteiger partial charge in [-0.1, -0.05) is 19.3 Å². The van der Waals surface area contributed by atoms with Crippen LogP contribution in [0.3, 0.4) is 0 Å². The number of quaternary nitrogens is 1. The van der Waals surface area contributed by atoms with E-state index in [9.17, 15) is 24.6 Å². The van der Waals surface area contributed by atoms with Crippen LogP contribution in [0, 0.1) is 0 Å². The fraction of sp³-hybridized carbons (Fsp3) is 0.850. The molecular weight excluding hydrogens is 376 g/mol. The Morgan fingerprint density at radius 2 is 1.45 bits per heavy atom. The molecule has 0 aromatic carbocycles. The van der Waals surface area contributed by atoms with Crippen LogP contribution >= 0.6 is 0 Å². The lowest BCUT2D eigenvalue weighted by molar-refractivity contribution is -0.875. The number of carbonyl (C=O) groups excluding carboxylic acids is 1. The fourth-order valence-corrected chi connectivity index (χ4v) is 4.55. The van der Waals surface area contributed by atoms with Gasteiger partial charge in [0.15, 0.2) is 12.1 Å². The Labute approximate surface area is 173 Å². The number of nitrogens with two attached hydrogens (primary N) is 3. The third kappa shape index (κ3) is 6.74. The molecule has 1 heterocycles. The van der Waals surface area contributed by atoms with Gasteiger partial charge in [-0.25, -0.2) is 18.9 Å². The molecule has 0 saturated carbocycles. The zero-order chi connectivity index (χ0) is 21.9. The Balaban J connectivity index is 3.02. The maximum atomic E-state index is 13.4. The molecule has 1 amide bonds. The summed E-state index contributed by atoms with van der Waals surface area (Å²) in [5.74, 6) is -2.70. The lowest BCUT2D eigenvalue weighted by atomic mass is 9.98. The number of carboxylic acid groups (broad SMARTS) is 2. The van der Waals surface area contributed by atoms with Crippen molar-refractivity contribution in [1.82, 2.24) is 0 Å². The van der Waals surface area contributed by atoms with Crippen LogP contribution in [0.15, 0.2) is 0 Å². The first kappa shape index (κ1) is 25.5. The van der Waals surface area contributed by atoms with Crippen LogP contribution in [0.4, 0.5) is 0 Å². The van der Waals surface area contributed by atoms with Gasteiger partial charge in [0.05, 0.1) is 6.54 Å². The summed E-state index contributed by atoms with van der Waals surface area (Å²) >= 11 is 0. The van der Waals surface area contributed by atoms with E-state index in [-0.39, 0.29) is 19.4 Å². The maximum absolute atomic E-state index is 13.4. The molecule has 0 bridgehead atoms. The summed E-state index contributed by atoms with van der Waals surface area (Å²) in [6.45, 7) is 1.33. The average Bonchev–Trinajstić information content (AvgIpc) is 3.12. The van der Waals surface area contributed by atoms with E-state index in [1.807, 2.05) is 0 Å². The lowest BCUT2D eigenvalue weighted by Crippen LogP contribution is -2.69. The largest absolute Gasteiger partial charge is 0.477 e. The zero-order valence-electron chi connectivity index (χ0n) is 17.4. The summed E-state index contributed by atoms with van der Waals surface area (Å²) < 4.78 is -0.558. The Morgan fingerprint density at radius 1 is 0.897 bits per heavy atom. The van der Waals surface area contributed by atoms with E-state index in [1.165, 1.54) is 0 Å². The van der Waals surface area contributed by atoms with E-state index in [4.69, 9.17) is 17.2 Å². The third-order valence-electron chi connectivity index (χ3n) is 6.07. The molecule has 0 aliphatic carbocycles. The summed E-state index contributed by atoms with van der Waals surface area (Å²) in [7, 11) is 0. The molecule has 1 aliphatic rings. The van der Waals surface area contributed by atoms with Crippen molar-refractivity contribution < 1.29 is 29.1 Å². The highest BCUT2D eigenvalue weighted by molar-refractivity contribution is 5.84. The minimum atomic E-state index is -1.13. The Hall–Kier alpha value is -1.55. The lowest BCUT2D eigenvalue weighted by Gasteiger charge is -2.41. The fourth-order valence-electron chi connectivity index (χ4n) is 4.55. The van der Waals surface area contributed by atoms with E-state index in [0.717, 1.165) is 25.7 Å². The first-order chi connectivity index (χ1) is 13.8. The van der Waals surface area contributed by atoms with Crippen LogP contribution in [0.5, 0.6) is 0 Å². The molecule has 1 rings (SSSR count). The van der Waals surface area contributed by atoms with Gasteiger partial charge in [0.2, 0.25) is 0 Å². The molecule has 0 aromatic heterocycles. The van der Waals surface area contributed by atoms with Gasteiger partial charge >= 0.3 is 17.8 Å². The molecule has 4 atom stereocenters. The van der Waals surface area contributed by atoms with E-state index >= 15 is 0 Å². The van der Waals surface area contributed by atoms with E-state index in [2.05, 4.69) is 0 Å². The number of rotatable bonds is 15. The molecule has 1 saturated heterocycles. The molecule has 9 heteroatoms. The quantitative estimate of drug-likeness (QED) is 0.193. The molecule has 0 aromatic rings. The smallest absolute Gasteiger partial charge is 0.363 e. The second-order valence-corrected chi connectivity index (χ2v) is 8.08. The van der Waals surface area contributed by atoms with Gasteiger partial charge < -0.3 is 27.4 Å². The Bertz CT molecular complexity index is 545. The molecule has 1 fully saturated rings. The van der Waals surface area contributed by atoms with Gasteiger partial charge in [-0.05, 0) is 45.2 Å². The van der Waals surface area contributed by atoms with Crippen molar-refractivity contribution in [3.05, 3.63) is 0 Å². The second-order valence-electron chi connectivity index (χ2n) is 8.08. The van der Waals surface area contributed by atoms with Crippen LogP contribution < -0.4 is 17.2 Å². The van der Waals surface area contributed by atoms with Crippen molar-refractivity contribution in [2.24, 2.45) is 17.2 Å². The number of amides is 1. The van der Waals surface area contributed by atoms with Gasteiger partial charge in [0, 0.05) is 19.3 Å². The normalized spacial score (nSPS) is 23.6. The molecule has 1 aliphatic heterocycles. The number of hydrogen-bond acceptors (Lipinski definition) is 6. The van der Waals surface area contributed by atoms with E-state index < -0.39 is 40.5 Å². The van der Waals surface area contributed by atoms with Crippen molar-refractivity contribution in [1.29, 1.82) is 0 Å². The number of carbonyl (C=O) groups is 3. The van der Waals surface area contributed by atoms with Crippen LogP contribution in [-0.4, -0.2) is 70.3 Å². The maximum Gasteiger partial charge on any atom is 0.363 e. The number of unbranched alkanes of at least 4 members (excludes halogenated alkanes) is 5. The highest BCUT2D eigenvalue weighted by atomic mass is 16.4. The predicted octanol–water partition coefficient (Wildman–Crippen LogP) is 0.786. The minimum Gasteiger partial charge on any atom is -0.477 e. The first-order valence-corrected chi connectivity index (χ1v) is 10.9. The molecule has 168 valence electrons. The molecule has 0 radical (unpaired) electrons. The van der Waals surface area contributed by atoms with Gasteiger partial charge in [0.1, 0.15) is 6.04 Å². The Morgan fingerprint density at radius 3 is 2.03 bits per heavy atom. The van der Waals surface area contributed by atoms with Gasteiger partial charge in [-0.2, -0.15) is 0 Å². The highest BCUT2D eigenvalue weighted by Crippen LogP contribution is 2.35. The standard InChI is InChI=1S/C20H38N4O5/c21-12-6-3-1-2-4-10-16(19(26)27)24(14-8-11-17(24)20(28)29)18(25)15(23)9-5-7-13-22/h15-17H,1-14,21-23H2,(H-,26,27,28,29)/p+1/t15-,16-,17-,24?/m0/s1. The number of carboxylic acids is 2. The summed E-state index contributed by atoms with van der Waals surface area (Å²) in [6.07, 6.45) is 7.12. The van der Waals surface area contributed by atoms with Gasteiger partial charge in [0.25, 0.3) is 0 Å². The highest BCUT2D eigenvalue weighted by Gasteiger charge is 2.59. The topological polar surface area (TPSA) is 170 Å². The first-order valence-electron chi connectivity index (χ1n) is 10.9. The summed E-state index contributed by atoms with van der Waals surface area (Å²) in [4.78, 5) is 37.5. The van der Waals surface area contributed by atoms with Crippen LogP contribution in [0.25, 0.3) is 0 Å². The van der Waals surface area contributed by atoms with Gasteiger partial charge in [-0.3, -0.25) is 0 Å². The van der Waals surface area contributed by atoms with Crippen molar-refractivity contribution in [2.45, 2.75) is 88.8 Å². The molecule has 1 unspecified atom stereocenters. The number of nitrogens with zero attached hydrogens (tertiary/aromatic N) is 1. The van der Waals surface area contributed by atoms with Gasteiger partial charge in [-0.15, -0.1) is 0 Å². The van der Waals surface area contributed by atoms with E-state index in [0.29, 0.717) is 45.2 Å². The average molecular weight is 416 g/mol. The summed E-state index contributed by atoms with van der Waals surface area (Å²) in [6, 6.07) is -3.02. The van der Waals surface area contributed by atoms with Crippen molar-refractivity contribution in [3.63, 3.8) is 0 Å². The Kier molecular flexibility index (Phi) is 11.3. The molecule has 29 heavy (non-hydrogen) atoms. The van der Waals surface area contributed by atoms with Crippen molar-refractivity contribution in [2.75, 3.05) is 19.6 Å². The zero-order valence-corrected chi connectivity index (χ0v) is 17.4. The summed E-state index contributed by atoms with van der Waals surface area (Å²) in [5.41, 5.74) is 17.1. The molecule has 8 N–H and O–H groups in total. The van der Waals surface area contributed by atoms with Crippen molar-refractivity contribution >= 4 is 17.8 Å². The third-order valence-corrected chi connectivity index (χ3v) is 6.07. The second kappa shape index (κ2) is 12.9. The SMILES string of the molecule is NCCCCCCC[C@@H](C(=O)O)[N+]1(C(=O)[C@@H](N)CCCCN)CCC[C@H]1C(=O)O. The van der Waals surface area contributed by atoms with Crippen LogP contribution in [0.2, 0.25) is 0 Å². The monoisotopic (exact) mass is 415 g/mol. The number of aliphatic carboxylic acids is 2. The number of hydrogen-bond donors (Lipinski definition) is 5. The molecule has 0 spiro atoms.